The number of aliphatic hydroxyl groups is 1. The third-order valence-corrected chi connectivity index (χ3v) is 4.51. The number of hydrogen-bond donors (Lipinski definition) is 1. The molecule has 2 aromatic rings. The van der Waals surface area contributed by atoms with Crippen LogP contribution in [0.5, 0.6) is 0 Å². The van der Waals surface area contributed by atoms with Crippen LogP contribution in [0.4, 0.5) is 0 Å². The molecule has 18 heavy (non-hydrogen) atoms. The zero-order chi connectivity index (χ0) is 13.4. The molecule has 0 aliphatic heterocycles. The van der Waals surface area contributed by atoms with E-state index >= 15 is 0 Å². The summed E-state index contributed by atoms with van der Waals surface area (Å²) in [5.41, 5.74) is 3.71. The SMILES string of the molecule is Cc1nn(-c2cc(Br)ccc2C(C)O)c(C)c1Br. The van der Waals surface area contributed by atoms with Crippen molar-refractivity contribution in [2.45, 2.75) is 26.9 Å². The van der Waals surface area contributed by atoms with Gasteiger partial charge in [-0.25, -0.2) is 4.68 Å². The van der Waals surface area contributed by atoms with Crippen LogP contribution in [-0.2, 0) is 0 Å². The van der Waals surface area contributed by atoms with E-state index < -0.39 is 6.10 Å². The normalized spacial score (nSPS) is 12.8. The van der Waals surface area contributed by atoms with E-state index in [1.54, 1.807) is 6.92 Å². The largest absolute Gasteiger partial charge is 0.389 e. The molecule has 1 unspecified atom stereocenters. The molecule has 1 heterocycles. The Labute approximate surface area is 123 Å². The second kappa shape index (κ2) is 5.15. The fourth-order valence-electron chi connectivity index (χ4n) is 1.91. The first kappa shape index (κ1) is 13.8. The van der Waals surface area contributed by atoms with Gasteiger partial charge in [0.1, 0.15) is 0 Å². The predicted octanol–water partition coefficient (Wildman–Crippen LogP) is 4.07. The number of aryl methyl sites for hydroxylation is 1. The minimum Gasteiger partial charge on any atom is -0.389 e. The van der Waals surface area contributed by atoms with Crippen LogP contribution in [0.3, 0.4) is 0 Å². The van der Waals surface area contributed by atoms with E-state index in [0.29, 0.717) is 0 Å². The molecule has 0 radical (unpaired) electrons. The zero-order valence-corrected chi connectivity index (χ0v) is 13.6. The van der Waals surface area contributed by atoms with E-state index in [4.69, 9.17) is 0 Å². The minimum absolute atomic E-state index is 0.532. The Balaban J connectivity index is 2.69. The Hall–Kier alpha value is -0.650. The molecule has 1 aromatic carbocycles. The summed E-state index contributed by atoms with van der Waals surface area (Å²) in [5, 5.41) is 14.4. The van der Waals surface area contributed by atoms with Crippen LogP contribution in [-0.4, -0.2) is 14.9 Å². The summed E-state index contributed by atoms with van der Waals surface area (Å²) >= 11 is 6.98. The van der Waals surface area contributed by atoms with E-state index in [9.17, 15) is 5.11 Å². The smallest absolute Gasteiger partial charge is 0.0782 e. The highest BCUT2D eigenvalue weighted by Gasteiger charge is 2.15. The number of hydrogen-bond acceptors (Lipinski definition) is 2. The quantitative estimate of drug-likeness (QED) is 0.861. The molecule has 96 valence electrons. The van der Waals surface area contributed by atoms with Gasteiger partial charge < -0.3 is 5.11 Å². The standard InChI is InChI=1S/C13H14Br2N2O/c1-7-13(15)8(2)17(16-7)12-6-10(14)4-5-11(12)9(3)18/h4-6,9,18H,1-3H3. The molecule has 0 bridgehead atoms. The summed E-state index contributed by atoms with van der Waals surface area (Å²) in [6, 6.07) is 5.80. The second-order valence-corrected chi connectivity index (χ2v) is 5.98. The maximum atomic E-state index is 9.86. The molecule has 3 nitrogen and oxygen atoms in total. The molecule has 0 saturated heterocycles. The minimum atomic E-state index is -0.532. The van der Waals surface area contributed by atoms with Gasteiger partial charge in [-0.05, 0) is 48.8 Å². The van der Waals surface area contributed by atoms with Gasteiger partial charge in [0.05, 0.1) is 27.7 Å². The highest BCUT2D eigenvalue weighted by atomic mass is 79.9. The van der Waals surface area contributed by atoms with Gasteiger partial charge in [-0.2, -0.15) is 5.10 Å². The van der Waals surface area contributed by atoms with E-state index in [0.717, 1.165) is 31.6 Å². The number of halogens is 2. The molecule has 0 amide bonds. The van der Waals surface area contributed by atoms with Crippen molar-refractivity contribution in [3.8, 4) is 5.69 Å². The molecule has 0 aliphatic carbocycles. The Kier molecular flexibility index (Phi) is 3.94. The van der Waals surface area contributed by atoms with Crippen LogP contribution >= 0.6 is 31.9 Å². The van der Waals surface area contributed by atoms with Gasteiger partial charge in [-0.15, -0.1) is 0 Å². The molecule has 1 atom stereocenters. The van der Waals surface area contributed by atoms with Crippen molar-refractivity contribution in [1.29, 1.82) is 0 Å². The van der Waals surface area contributed by atoms with Crippen molar-refractivity contribution in [2.24, 2.45) is 0 Å². The van der Waals surface area contributed by atoms with Gasteiger partial charge in [0.2, 0.25) is 0 Å². The van der Waals surface area contributed by atoms with E-state index in [1.807, 2.05) is 36.7 Å². The zero-order valence-electron chi connectivity index (χ0n) is 10.4. The van der Waals surface area contributed by atoms with Gasteiger partial charge in [0.15, 0.2) is 0 Å². The lowest BCUT2D eigenvalue weighted by atomic mass is 10.1. The van der Waals surface area contributed by atoms with Crippen molar-refractivity contribution in [3.05, 3.63) is 44.1 Å². The number of nitrogens with zero attached hydrogens (tertiary/aromatic N) is 2. The third kappa shape index (κ3) is 2.39. The maximum Gasteiger partial charge on any atom is 0.0782 e. The average molecular weight is 374 g/mol. The number of benzene rings is 1. The number of rotatable bonds is 2. The van der Waals surface area contributed by atoms with Gasteiger partial charge in [-0.3, -0.25) is 0 Å². The molecule has 2 rings (SSSR count). The summed E-state index contributed by atoms with van der Waals surface area (Å²) in [6.07, 6.45) is -0.532. The van der Waals surface area contributed by atoms with E-state index in [2.05, 4.69) is 37.0 Å². The van der Waals surface area contributed by atoms with Crippen LogP contribution < -0.4 is 0 Å². The highest BCUT2D eigenvalue weighted by molar-refractivity contribution is 9.10. The molecule has 0 saturated carbocycles. The maximum absolute atomic E-state index is 9.86. The third-order valence-electron chi connectivity index (χ3n) is 2.87. The van der Waals surface area contributed by atoms with Crippen molar-refractivity contribution in [1.82, 2.24) is 9.78 Å². The first-order chi connectivity index (χ1) is 8.41. The van der Waals surface area contributed by atoms with Gasteiger partial charge >= 0.3 is 0 Å². The van der Waals surface area contributed by atoms with Crippen LogP contribution in [0.1, 0.15) is 30.0 Å². The second-order valence-electron chi connectivity index (χ2n) is 4.28. The molecule has 0 fully saturated rings. The van der Waals surface area contributed by atoms with E-state index in [1.165, 1.54) is 0 Å². The van der Waals surface area contributed by atoms with Crippen LogP contribution in [0.25, 0.3) is 5.69 Å². The molecule has 5 heteroatoms. The Morgan fingerprint density at radius 2 is 1.94 bits per heavy atom. The fraction of sp³-hybridized carbons (Fsp3) is 0.308. The molecule has 0 spiro atoms. The summed E-state index contributed by atoms with van der Waals surface area (Å²) in [7, 11) is 0. The molecular formula is C13H14Br2N2O. The molecule has 1 aromatic heterocycles. The lowest BCUT2D eigenvalue weighted by molar-refractivity contribution is 0.199. The Morgan fingerprint density at radius 3 is 2.44 bits per heavy atom. The number of aromatic nitrogens is 2. The van der Waals surface area contributed by atoms with Crippen molar-refractivity contribution < 1.29 is 5.11 Å². The molecule has 0 aliphatic rings. The Bertz CT molecular complexity index is 591. The Morgan fingerprint density at radius 1 is 1.28 bits per heavy atom. The van der Waals surface area contributed by atoms with Gasteiger partial charge in [0, 0.05) is 10.0 Å². The van der Waals surface area contributed by atoms with Crippen LogP contribution in [0.15, 0.2) is 27.1 Å². The van der Waals surface area contributed by atoms with Gasteiger partial charge in [0.25, 0.3) is 0 Å². The van der Waals surface area contributed by atoms with E-state index in [-0.39, 0.29) is 0 Å². The molecule has 1 N–H and O–H groups in total. The lowest BCUT2D eigenvalue weighted by Crippen LogP contribution is -2.05. The summed E-state index contributed by atoms with van der Waals surface area (Å²) in [6.45, 7) is 5.71. The van der Waals surface area contributed by atoms with Gasteiger partial charge in [-0.1, -0.05) is 22.0 Å². The average Bonchev–Trinajstić information content (AvgIpc) is 2.56. The topological polar surface area (TPSA) is 38.0 Å². The van der Waals surface area contributed by atoms with Crippen molar-refractivity contribution >= 4 is 31.9 Å². The number of aliphatic hydroxyl groups excluding tert-OH is 1. The van der Waals surface area contributed by atoms with Crippen molar-refractivity contribution in [3.63, 3.8) is 0 Å². The highest BCUT2D eigenvalue weighted by Crippen LogP contribution is 2.29. The fourth-order valence-corrected chi connectivity index (χ4v) is 2.51. The summed E-state index contributed by atoms with van der Waals surface area (Å²) in [4.78, 5) is 0. The van der Waals surface area contributed by atoms with Crippen molar-refractivity contribution in [2.75, 3.05) is 0 Å². The lowest BCUT2D eigenvalue weighted by Gasteiger charge is -2.14. The summed E-state index contributed by atoms with van der Waals surface area (Å²) in [5.74, 6) is 0. The predicted molar refractivity (Wildman–Crippen MR) is 79.1 cm³/mol. The first-order valence-corrected chi connectivity index (χ1v) is 7.20. The first-order valence-electron chi connectivity index (χ1n) is 5.61. The van der Waals surface area contributed by atoms with Crippen LogP contribution in [0.2, 0.25) is 0 Å². The summed E-state index contributed by atoms with van der Waals surface area (Å²) < 4.78 is 3.82. The van der Waals surface area contributed by atoms with Crippen LogP contribution in [0, 0.1) is 13.8 Å². The monoisotopic (exact) mass is 372 g/mol. The molecular weight excluding hydrogens is 360 g/mol.